The molecule has 8 heteroatoms. The molecule has 0 aromatic heterocycles. The minimum absolute atomic E-state index is 0.119. The molecule has 0 saturated carbocycles. The number of amides is 2. The third kappa shape index (κ3) is 8.30. The summed E-state index contributed by atoms with van der Waals surface area (Å²) in [7, 11) is 0. The predicted octanol–water partition coefficient (Wildman–Crippen LogP) is 5.14. The standard InChI is InChI=1S/C23H28BrN3O3S/c1-14(2)13-30-19-10-9-16(24)12-18(19)21(29)26-22(31)25-17-8-6-7-15(11-17)20(28)27-23(3,4)5/h6-12,14H,13H2,1-5H3,(H,27,28)(H2,25,26,29,31). The summed E-state index contributed by atoms with van der Waals surface area (Å²) in [5.41, 5.74) is 1.11. The fourth-order valence-corrected chi connectivity index (χ4v) is 3.12. The number of ether oxygens (including phenoxy) is 1. The number of anilines is 1. The number of rotatable bonds is 6. The summed E-state index contributed by atoms with van der Waals surface area (Å²) in [5, 5.41) is 8.65. The average molecular weight is 506 g/mol. The first-order valence-electron chi connectivity index (χ1n) is 9.92. The van der Waals surface area contributed by atoms with Gasteiger partial charge in [-0.25, -0.2) is 0 Å². The predicted molar refractivity (Wildman–Crippen MR) is 132 cm³/mol. The lowest BCUT2D eigenvalue weighted by molar-refractivity contribution is 0.0918. The minimum Gasteiger partial charge on any atom is -0.492 e. The summed E-state index contributed by atoms with van der Waals surface area (Å²) >= 11 is 8.68. The van der Waals surface area contributed by atoms with Crippen LogP contribution in [-0.4, -0.2) is 29.1 Å². The van der Waals surface area contributed by atoms with Crippen LogP contribution in [-0.2, 0) is 0 Å². The van der Waals surface area contributed by atoms with Crippen LogP contribution in [0.3, 0.4) is 0 Å². The Balaban J connectivity index is 2.08. The van der Waals surface area contributed by atoms with E-state index in [4.69, 9.17) is 17.0 Å². The van der Waals surface area contributed by atoms with Crippen LogP contribution in [0.1, 0.15) is 55.3 Å². The van der Waals surface area contributed by atoms with Crippen LogP contribution in [0.2, 0.25) is 0 Å². The molecule has 0 radical (unpaired) electrons. The van der Waals surface area contributed by atoms with Gasteiger partial charge in [0.15, 0.2) is 5.11 Å². The van der Waals surface area contributed by atoms with Gasteiger partial charge in [-0.15, -0.1) is 0 Å². The van der Waals surface area contributed by atoms with Crippen molar-refractivity contribution in [1.29, 1.82) is 0 Å². The molecule has 2 rings (SSSR count). The van der Waals surface area contributed by atoms with E-state index in [1.54, 1.807) is 36.4 Å². The maximum absolute atomic E-state index is 12.8. The van der Waals surface area contributed by atoms with E-state index >= 15 is 0 Å². The Morgan fingerprint density at radius 3 is 2.45 bits per heavy atom. The summed E-state index contributed by atoms with van der Waals surface area (Å²) in [5.74, 6) is 0.231. The lowest BCUT2D eigenvalue weighted by Gasteiger charge is -2.20. The lowest BCUT2D eigenvalue weighted by atomic mass is 10.1. The molecule has 0 fully saturated rings. The zero-order valence-corrected chi connectivity index (χ0v) is 20.7. The van der Waals surface area contributed by atoms with E-state index < -0.39 is 0 Å². The van der Waals surface area contributed by atoms with Crippen molar-refractivity contribution in [2.75, 3.05) is 11.9 Å². The minimum atomic E-state index is -0.390. The van der Waals surface area contributed by atoms with E-state index in [0.29, 0.717) is 35.1 Å². The molecule has 0 aliphatic heterocycles. The Kier molecular flexibility index (Phi) is 8.59. The molecule has 0 unspecified atom stereocenters. The van der Waals surface area contributed by atoms with E-state index in [0.717, 1.165) is 4.47 Å². The van der Waals surface area contributed by atoms with Gasteiger partial charge in [0.25, 0.3) is 11.8 Å². The first-order chi connectivity index (χ1) is 14.4. The van der Waals surface area contributed by atoms with Gasteiger partial charge in [-0.05, 0) is 75.3 Å². The maximum atomic E-state index is 12.8. The van der Waals surface area contributed by atoms with Gasteiger partial charge in [0.1, 0.15) is 5.75 Å². The smallest absolute Gasteiger partial charge is 0.261 e. The van der Waals surface area contributed by atoms with E-state index in [9.17, 15) is 9.59 Å². The van der Waals surface area contributed by atoms with Gasteiger partial charge in [-0.1, -0.05) is 35.8 Å². The number of halogens is 1. The van der Waals surface area contributed by atoms with Crippen molar-refractivity contribution in [2.45, 2.75) is 40.2 Å². The van der Waals surface area contributed by atoms with Crippen molar-refractivity contribution in [2.24, 2.45) is 5.92 Å². The highest BCUT2D eigenvalue weighted by atomic mass is 79.9. The van der Waals surface area contributed by atoms with Crippen LogP contribution in [0, 0.1) is 5.92 Å². The van der Waals surface area contributed by atoms with E-state index in [1.807, 2.05) is 40.7 Å². The normalized spacial score (nSPS) is 11.1. The van der Waals surface area contributed by atoms with Crippen LogP contribution in [0.4, 0.5) is 5.69 Å². The second kappa shape index (κ2) is 10.7. The van der Waals surface area contributed by atoms with Gasteiger partial charge >= 0.3 is 0 Å². The highest BCUT2D eigenvalue weighted by Gasteiger charge is 2.17. The summed E-state index contributed by atoms with van der Waals surface area (Å²) < 4.78 is 6.52. The van der Waals surface area contributed by atoms with Gasteiger partial charge in [0.2, 0.25) is 0 Å². The largest absolute Gasteiger partial charge is 0.492 e. The molecule has 0 spiro atoms. The van der Waals surface area contributed by atoms with Crippen molar-refractivity contribution in [1.82, 2.24) is 10.6 Å². The summed E-state index contributed by atoms with van der Waals surface area (Å²) in [6, 6.07) is 12.2. The Bertz CT molecular complexity index is 971. The highest BCUT2D eigenvalue weighted by Crippen LogP contribution is 2.24. The lowest BCUT2D eigenvalue weighted by Crippen LogP contribution is -2.40. The third-order valence-electron chi connectivity index (χ3n) is 3.86. The molecule has 0 atom stereocenters. The van der Waals surface area contributed by atoms with E-state index in [-0.39, 0.29) is 22.5 Å². The number of benzene rings is 2. The monoisotopic (exact) mass is 505 g/mol. The fourth-order valence-electron chi connectivity index (χ4n) is 2.55. The number of carbonyl (C=O) groups excluding carboxylic acids is 2. The van der Waals surface area contributed by atoms with Crippen LogP contribution in [0.5, 0.6) is 5.75 Å². The Hall–Kier alpha value is -2.45. The first kappa shape index (κ1) is 24.8. The maximum Gasteiger partial charge on any atom is 0.261 e. The van der Waals surface area contributed by atoms with Crippen molar-refractivity contribution in [3.63, 3.8) is 0 Å². The topological polar surface area (TPSA) is 79.5 Å². The zero-order chi connectivity index (χ0) is 23.2. The first-order valence-corrected chi connectivity index (χ1v) is 11.1. The highest BCUT2D eigenvalue weighted by molar-refractivity contribution is 9.10. The van der Waals surface area contributed by atoms with Crippen molar-refractivity contribution >= 4 is 50.8 Å². The Morgan fingerprint density at radius 2 is 1.81 bits per heavy atom. The van der Waals surface area contributed by atoms with Gasteiger partial charge in [-0.3, -0.25) is 14.9 Å². The van der Waals surface area contributed by atoms with Crippen molar-refractivity contribution in [3.05, 3.63) is 58.1 Å². The summed E-state index contributed by atoms with van der Waals surface area (Å²) in [4.78, 5) is 25.2. The van der Waals surface area contributed by atoms with E-state index in [1.165, 1.54) is 0 Å². The summed E-state index contributed by atoms with van der Waals surface area (Å²) in [6.07, 6.45) is 0. The number of nitrogens with one attached hydrogen (secondary N) is 3. The molecule has 166 valence electrons. The molecule has 31 heavy (non-hydrogen) atoms. The molecule has 0 aliphatic rings. The van der Waals surface area contributed by atoms with Crippen LogP contribution in [0.15, 0.2) is 46.9 Å². The molecule has 2 aromatic rings. The molecule has 3 N–H and O–H groups in total. The molecule has 0 heterocycles. The number of hydrogen-bond donors (Lipinski definition) is 3. The molecule has 0 saturated heterocycles. The third-order valence-corrected chi connectivity index (χ3v) is 4.55. The molecule has 0 aliphatic carbocycles. The fraction of sp³-hybridized carbons (Fsp3) is 0.348. The van der Waals surface area contributed by atoms with Crippen LogP contribution < -0.4 is 20.7 Å². The Labute approximate surface area is 197 Å². The molecular formula is C23H28BrN3O3S. The van der Waals surface area contributed by atoms with Gasteiger partial charge in [-0.2, -0.15) is 0 Å². The van der Waals surface area contributed by atoms with Crippen molar-refractivity contribution in [3.8, 4) is 5.75 Å². The molecule has 0 bridgehead atoms. The summed E-state index contributed by atoms with van der Waals surface area (Å²) in [6.45, 7) is 10.3. The van der Waals surface area contributed by atoms with Crippen LogP contribution >= 0.6 is 28.1 Å². The quantitative estimate of drug-likeness (QED) is 0.473. The number of hydrogen-bond acceptors (Lipinski definition) is 4. The second-order valence-corrected chi connectivity index (χ2v) is 9.86. The average Bonchev–Trinajstić information content (AvgIpc) is 2.65. The van der Waals surface area contributed by atoms with Crippen LogP contribution in [0.25, 0.3) is 0 Å². The molecule has 6 nitrogen and oxygen atoms in total. The Morgan fingerprint density at radius 1 is 1.10 bits per heavy atom. The molecule has 2 aromatic carbocycles. The van der Waals surface area contributed by atoms with Gasteiger partial charge in [0, 0.05) is 21.3 Å². The second-order valence-electron chi connectivity index (χ2n) is 8.54. The number of carbonyl (C=O) groups is 2. The number of thiocarbonyl (C=S) groups is 1. The van der Waals surface area contributed by atoms with E-state index in [2.05, 4.69) is 31.9 Å². The zero-order valence-electron chi connectivity index (χ0n) is 18.3. The van der Waals surface area contributed by atoms with Gasteiger partial charge in [0.05, 0.1) is 12.2 Å². The molecular weight excluding hydrogens is 478 g/mol. The van der Waals surface area contributed by atoms with Gasteiger partial charge < -0.3 is 15.4 Å². The van der Waals surface area contributed by atoms with Crippen molar-refractivity contribution < 1.29 is 14.3 Å². The molecule has 2 amide bonds. The SMILES string of the molecule is CC(C)COc1ccc(Br)cc1C(=O)NC(=S)Nc1cccc(C(=O)NC(C)(C)C)c1.